The molecule has 3 rings (SSSR count). The summed E-state index contributed by atoms with van der Waals surface area (Å²) >= 11 is 1.37. The Labute approximate surface area is 141 Å². The average Bonchev–Trinajstić information content (AvgIpc) is 3.17. The van der Waals surface area contributed by atoms with Gasteiger partial charge in [0.15, 0.2) is 5.78 Å². The predicted molar refractivity (Wildman–Crippen MR) is 90.3 cm³/mol. The van der Waals surface area contributed by atoms with Crippen molar-refractivity contribution in [3.8, 4) is 0 Å². The van der Waals surface area contributed by atoms with Crippen LogP contribution in [0.1, 0.15) is 33.4 Å². The zero-order chi connectivity index (χ0) is 14.8. The van der Waals surface area contributed by atoms with Crippen LogP contribution in [0.5, 0.6) is 0 Å². The number of carbonyl (C=O) groups excluding carboxylic acids is 2. The number of hydrogen-bond donors (Lipinski definition) is 1. The van der Waals surface area contributed by atoms with Crippen LogP contribution in [0.25, 0.3) is 0 Å². The monoisotopic (exact) mass is 343 g/mol. The van der Waals surface area contributed by atoms with Crippen molar-refractivity contribution in [2.45, 2.75) is 19.4 Å². The molecule has 1 aromatic heterocycles. The SMILES string of the molecule is CC(=O)c1csc(C(=O)N2CCC(N3CCNCC3)C2)c1.Cl. The Bertz CT molecular complexity index is 543. The Morgan fingerprint density at radius 1 is 1.27 bits per heavy atom. The lowest BCUT2D eigenvalue weighted by Crippen LogP contribution is -2.49. The molecule has 1 atom stereocenters. The van der Waals surface area contributed by atoms with Crippen molar-refractivity contribution < 1.29 is 9.59 Å². The number of nitrogens with one attached hydrogen (secondary N) is 1. The van der Waals surface area contributed by atoms with Crippen molar-refractivity contribution in [2.75, 3.05) is 39.3 Å². The number of thiophene rings is 1. The lowest BCUT2D eigenvalue weighted by atomic mass is 10.2. The number of likely N-dealkylation sites (tertiary alicyclic amines) is 1. The van der Waals surface area contributed by atoms with Crippen molar-refractivity contribution in [2.24, 2.45) is 0 Å². The van der Waals surface area contributed by atoms with Crippen LogP contribution >= 0.6 is 23.7 Å². The number of piperazine rings is 1. The van der Waals surface area contributed by atoms with Crippen LogP contribution in [0.2, 0.25) is 0 Å². The number of carbonyl (C=O) groups is 2. The number of rotatable bonds is 3. The van der Waals surface area contributed by atoms with Gasteiger partial charge in [-0.2, -0.15) is 0 Å². The van der Waals surface area contributed by atoms with Gasteiger partial charge in [0, 0.05) is 56.3 Å². The van der Waals surface area contributed by atoms with Gasteiger partial charge >= 0.3 is 0 Å². The molecule has 0 aromatic carbocycles. The van der Waals surface area contributed by atoms with Crippen LogP contribution in [0.3, 0.4) is 0 Å². The Kier molecular flexibility index (Phi) is 5.97. The maximum absolute atomic E-state index is 12.5. The maximum Gasteiger partial charge on any atom is 0.263 e. The molecule has 0 aliphatic carbocycles. The summed E-state index contributed by atoms with van der Waals surface area (Å²) in [5.41, 5.74) is 0.640. The number of halogens is 1. The largest absolute Gasteiger partial charge is 0.336 e. The molecule has 1 aromatic rings. The smallest absolute Gasteiger partial charge is 0.263 e. The fourth-order valence-electron chi connectivity index (χ4n) is 3.06. The summed E-state index contributed by atoms with van der Waals surface area (Å²) in [6.45, 7) is 7.38. The second kappa shape index (κ2) is 7.55. The van der Waals surface area contributed by atoms with E-state index in [0.717, 1.165) is 45.7 Å². The second-order valence-electron chi connectivity index (χ2n) is 5.74. The molecule has 2 fully saturated rings. The average molecular weight is 344 g/mol. The Hall–Kier alpha value is -0.950. The van der Waals surface area contributed by atoms with Crippen LogP contribution in [-0.4, -0.2) is 66.8 Å². The highest BCUT2D eigenvalue weighted by Gasteiger charge is 2.31. The number of amides is 1. The molecule has 1 amide bonds. The van der Waals surface area contributed by atoms with Crippen molar-refractivity contribution in [3.05, 3.63) is 21.9 Å². The molecule has 1 unspecified atom stereocenters. The van der Waals surface area contributed by atoms with Gasteiger partial charge < -0.3 is 10.2 Å². The van der Waals surface area contributed by atoms with Gasteiger partial charge in [-0.05, 0) is 19.4 Å². The van der Waals surface area contributed by atoms with Crippen LogP contribution < -0.4 is 5.32 Å². The van der Waals surface area contributed by atoms with Crippen LogP contribution in [0.15, 0.2) is 11.4 Å². The van der Waals surface area contributed by atoms with E-state index in [1.165, 1.54) is 18.3 Å². The van der Waals surface area contributed by atoms with E-state index in [4.69, 9.17) is 0 Å². The summed E-state index contributed by atoms with van der Waals surface area (Å²) in [5.74, 6) is 0.0931. The van der Waals surface area contributed by atoms with Gasteiger partial charge in [-0.1, -0.05) is 0 Å². The summed E-state index contributed by atoms with van der Waals surface area (Å²) in [6, 6.07) is 2.22. The molecule has 1 N–H and O–H groups in total. The highest BCUT2D eigenvalue weighted by molar-refractivity contribution is 7.12. The van der Waals surface area contributed by atoms with Crippen molar-refractivity contribution >= 4 is 35.4 Å². The first-order valence-electron chi connectivity index (χ1n) is 7.48. The highest BCUT2D eigenvalue weighted by Crippen LogP contribution is 2.22. The predicted octanol–water partition coefficient (Wildman–Crippen LogP) is 1.49. The minimum absolute atomic E-state index is 0. The van der Waals surface area contributed by atoms with Crippen molar-refractivity contribution in [3.63, 3.8) is 0 Å². The summed E-state index contributed by atoms with van der Waals surface area (Å²) in [5, 5.41) is 5.14. The first kappa shape index (κ1) is 17.4. The fraction of sp³-hybridized carbons (Fsp3) is 0.600. The van der Waals surface area contributed by atoms with Crippen LogP contribution in [0, 0.1) is 0 Å². The zero-order valence-electron chi connectivity index (χ0n) is 12.7. The van der Waals surface area contributed by atoms with Gasteiger partial charge in [-0.3, -0.25) is 14.5 Å². The molecule has 0 bridgehead atoms. The first-order valence-corrected chi connectivity index (χ1v) is 8.36. The Balaban J connectivity index is 0.00000176. The fourth-order valence-corrected chi connectivity index (χ4v) is 3.97. The Morgan fingerprint density at radius 3 is 2.64 bits per heavy atom. The summed E-state index contributed by atoms with van der Waals surface area (Å²) in [6.07, 6.45) is 1.05. The van der Waals surface area contributed by atoms with E-state index in [9.17, 15) is 9.59 Å². The van der Waals surface area contributed by atoms with Gasteiger partial charge in [0.25, 0.3) is 5.91 Å². The standard InChI is InChI=1S/C15H21N3O2S.ClH/c1-11(19)12-8-14(21-10-12)15(20)18-5-2-13(9-18)17-6-3-16-4-7-17;/h8,10,13,16H,2-7,9H2,1H3;1H. The third kappa shape index (κ3) is 3.68. The van der Waals surface area contributed by atoms with Crippen LogP contribution in [-0.2, 0) is 0 Å². The second-order valence-corrected chi connectivity index (χ2v) is 6.65. The van der Waals surface area contributed by atoms with E-state index in [0.29, 0.717) is 16.5 Å². The number of ketones is 1. The minimum Gasteiger partial charge on any atom is -0.336 e. The van der Waals surface area contributed by atoms with E-state index in [1.54, 1.807) is 11.4 Å². The number of hydrogen-bond acceptors (Lipinski definition) is 5. The molecule has 2 saturated heterocycles. The van der Waals surface area contributed by atoms with E-state index < -0.39 is 0 Å². The van der Waals surface area contributed by atoms with Crippen molar-refractivity contribution in [1.82, 2.24) is 15.1 Å². The molecule has 22 heavy (non-hydrogen) atoms. The van der Waals surface area contributed by atoms with Gasteiger partial charge in [0.05, 0.1) is 4.88 Å². The molecular weight excluding hydrogens is 322 g/mol. The normalized spacial score (nSPS) is 22.4. The zero-order valence-corrected chi connectivity index (χ0v) is 14.3. The molecule has 2 aliphatic heterocycles. The van der Waals surface area contributed by atoms with E-state index in [-0.39, 0.29) is 24.1 Å². The highest BCUT2D eigenvalue weighted by atomic mass is 35.5. The molecule has 0 radical (unpaired) electrons. The minimum atomic E-state index is 0. The van der Waals surface area contributed by atoms with Gasteiger partial charge in [-0.15, -0.1) is 23.7 Å². The molecule has 7 heteroatoms. The summed E-state index contributed by atoms with van der Waals surface area (Å²) < 4.78 is 0. The van der Waals surface area contributed by atoms with Gasteiger partial charge in [0.2, 0.25) is 0 Å². The quantitative estimate of drug-likeness (QED) is 0.845. The number of Topliss-reactive ketones (excluding diaryl/α,β-unsaturated/α-hetero) is 1. The van der Waals surface area contributed by atoms with Gasteiger partial charge in [-0.25, -0.2) is 0 Å². The lowest BCUT2D eigenvalue weighted by molar-refractivity contribution is 0.0778. The van der Waals surface area contributed by atoms with E-state index >= 15 is 0 Å². The molecule has 5 nitrogen and oxygen atoms in total. The van der Waals surface area contributed by atoms with E-state index in [2.05, 4.69) is 10.2 Å². The van der Waals surface area contributed by atoms with Gasteiger partial charge in [0.1, 0.15) is 0 Å². The third-order valence-electron chi connectivity index (χ3n) is 4.34. The lowest BCUT2D eigenvalue weighted by Gasteiger charge is -2.32. The molecule has 3 heterocycles. The molecule has 2 aliphatic rings. The van der Waals surface area contributed by atoms with Crippen LogP contribution in [0.4, 0.5) is 0 Å². The number of nitrogens with zero attached hydrogens (tertiary/aromatic N) is 2. The van der Waals surface area contributed by atoms with Crippen molar-refractivity contribution in [1.29, 1.82) is 0 Å². The third-order valence-corrected chi connectivity index (χ3v) is 5.25. The summed E-state index contributed by atoms with van der Waals surface area (Å²) in [7, 11) is 0. The molecule has 0 saturated carbocycles. The Morgan fingerprint density at radius 2 is 2.00 bits per heavy atom. The first-order chi connectivity index (χ1) is 10.1. The summed E-state index contributed by atoms with van der Waals surface area (Å²) in [4.78, 5) is 28.9. The molecule has 122 valence electrons. The molecule has 0 spiro atoms. The molecular formula is C15H22ClN3O2S. The maximum atomic E-state index is 12.5. The van der Waals surface area contributed by atoms with E-state index in [1.807, 2.05) is 4.90 Å². The topological polar surface area (TPSA) is 52.7 Å².